The molecule has 0 saturated carbocycles. The van der Waals surface area contributed by atoms with Gasteiger partial charge in [-0.1, -0.05) is 12.1 Å². The molecular formula is C19H28N2O3. The standard InChI is InChI=1S/C19H28N2O3/c1-14(2)24-17-8-6-16(7-9-17)10-11-20-18(22)13-15(3)21-12-4-5-19(21)23/h6-9,14-15H,4-5,10-13H2,1-3H3,(H,20,22)/t15-/m1/s1. The Hall–Kier alpha value is -2.04. The lowest BCUT2D eigenvalue weighted by Crippen LogP contribution is -2.38. The Kier molecular flexibility index (Phi) is 6.64. The Labute approximate surface area is 144 Å². The summed E-state index contributed by atoms with van der Waals surface area (Å²) in [7, 11) is 0. The molecule has 0 aromatic heterocycles. The lowest BCUT2D eigenvalue weighted by molar-refractivity contribution is -0.130. The number of nitrogens with one attached hydrogen (secondary N) is 1. The van der Waals surface area contributed by atoms with Crippen molar-refractivity contribution in [2.24, 2.45) is 0 Å². The summed E-state index contributed by atoms with van der Waals surface area (Å²) >= 11 is 0. The first kappa shape index (κ1) is 18.3. The maximum atomic E-state index is 12.0. The summed E-state index contributed by atoms with van der Waals surface area (Å²) in [4.78, 5) is 25.5. The van der Waals surface area contributed by atoms with Crippen LogP contribution in [0.2, 0.25) is 0 Å². The van der Waals surface area contributed by atoms with Crippen LogP contribution in [-0.4, -0.2) is 41.9 Å². The molecule has 1 fully saturated rings. The number of likely N-dealkylation sites (tertiary alicyclic amines) is 1. The number of carbonyl (C=O) groups excluding carboxylic acids is 2. The maximum Gasteiger partial charge on any atom is 0.222 e. The second-order valence-corrected chi connectivity index (χ2v) is 6.65. The van der Waals surface area contributed by atoms with Crippen molar-refractivity contribution in [1.29, 1.82) is 0 Å². The zero-order valence-corrected chi connectivity index (χ0v) is 14.9. The van der Waals surface area contributed by atoms with Gasteiger partial charge in [-0.15, -0.1) is 0 Å². The van der Waals surface area contributed by atoms with Crippen molar-refractivity contribution >= 4 is 11.8 Å². The fourth-order valence-electron chi connectivity index (χ4n) is 2.94. The highest BCUT2D eigenvalue weighted by molar-refractivity contribution is 5.80. The van der Waals surface area contributed by atoms with E-state index in [4.69, 9.17) is 4.74 Å². The van der Waals surface area contributed by atoms with Crippen LogP contribution >= 0.6 is 0 Å². The minimum atomic E-state index is -0.0209. The van der Waals surface area contributed by atoms with Gasteiger partial charge in [-0.05, 0) is 51.3 Å². The number of benzene rings is 1. The first-order valence-electron chi connectivity index (χ1n) is 8.77. The SMILES string of the molecule is CC(C)Oc1ccc(CCNC(=O)C[C@@H](C)N2CCCC2=O)cc1. The summed E-state index contributed by atoms with van der Waals surface area (Å²) in [5.41, 5.74) is 1.16. The average Bonchev–Trinajstić information content (AvgIpc) is 2.94. The van der Waals surface area contributed by atoms with Crippen molar-refractivity contribution in [3.05, 3.63) is 29.8 Å². The molecule has 0 bridgehead atoms. The van der Waals surface area contributed by atoms with Gasteiger partial charge in [-0.3, -0.25) is 9.59 Å². The van der Waals surface area contributed by atoms with E-state index in [-0.39, 0.29) is 24.0 Å². The van der Waals surface area contributed by atoms with Crippen LogP contribution in [0, 0.1) is 0 Å². The molecule has 0 spiro atoms. The van der Waals surface area contributed by atoms with Crippen LogP contribution in [0.15, 0.2) is 24.3 Å². The van der Waals surface area contributed by atoms with E-state index in [2.05, 4.69) is 5.32 Å². The van der Waals surface area contributed by atoms with Crippen LogP contribution < -0.4 is 10.1 Å². The minimum Gasteiger partial charge on any atom is -0.491 e. The second kappa shape index (κ2) is 8.71. The molecule has 1 N–H and O–H groups in total. The summed E-state index contributed by atoms with van der Waals surface area (Å²) in [6.07, 6.45) is 2.83. The first-order valence-corrected chi connectivity index (χ1v) is 8.77. The molecule has 132 valence electrons. The van der Waals surface area contributed by atoms with Gasteiger partial charge in [0.25, 0.3) is 0 Å². The Bertz CT molecular complexity index is 554. The largest absolute Gasteiger partial charge is 0.491 e. The van der Waals surface area contributed by atoms with Crippen molar-refractivity contribution in [2.45, 2.75) is 58.6 Å². The highest BCUT2D eigenvalue weighted by Crippen LogP contribution is 2.16. The number of rotatable bonds is 8. The zero-order chi connectivity index (χ0) is 17.5. The smallest absolute Gasteiger partial charge is 0.222 e. The van der Waals surface area contributed by atoms with Crippen LogP contribution in [0.4, 0.5) is 0 Å². The van der Waals surface area contributed by atoms with Gasteiger partial charge in [0.2, 0.25) is 11.8 Å². The molecule has 1 aliphatic rings. The van der Waals surface area contributed by atoms with Crippen LogP contribution in [0.5, 0.6) is 5.75 Å². The summed E-state index contributed by atoms with van der Waals surface area (Å²) in [6, 6.07) is 7.94. The number of amides is 2. The Morgan fingerprint density at radius 2 is 1.96 bits per heavy atom. The van der Waals surface area contributed by atoms with Crippen LogP contribution in [-0.2, 0) is 16.0 Å². The minimum absolute atomic E-state index is 0.00182. The van der Waals surface area contributed by atoms with Gasteiger partial charge >= 0.3 is 0 Å². The molecular weight excluding hydrogens is 304 g/mol. The van der Waals surface area contributed by atoms with E-state index in [0.29, 0.717) is 19.4 Å². The summed E-state index contributed by atoms with van der Waals surface area (Å²) in [6.45, 7) is 7.32. The van der Waals surface area contributed by atoms with Gasteiger partial charge in [0.1, 0.15) is 5.75 Å². The third-order valence-corrected chi connectivity index (χ3v) is 4.15. The Balaban J connectivity index is 1.69. The molecule has 2 amide bonds. The molecule has 0 radical (unpaired) electrons. The zero-order valence-electron chi connectivity index (χ0n) is 14.9. The van der Waals surface area contributed by atoms with E-state index in [1.54, 1.807) is 0 Å². The van der Waals surface area contributed by atoms with Crippen molar-refractivity contribution in [3.8, 4) is 5.75 Å². The third kappa shape index (κ3) is 5.55. The van der Waals surface area contributed by atoms with Crippen molar-refractivity contribution in [1.82, 2.24) is 10.2 Å². The summed E-state index contributed by atoms with van der Waals surface area (Å²) in [5.74, 6) is 1.03. The first-order chi connectivity index (χ1) is 11.5. The van der Waals surface area contributed by atoms with Gasteiger partial charge in [0.15, 0.2) is 0 Å². The van der Waals surface area contributed by atoms with Crippen LogP contribution in [0.3, 0.4) is 0 Å². The highest BCUT2D eigenvalue weighted by Gasteiger charge is 2.26. The van der Waals surface area contributed by atoms with Gasteiger partial charge in [-0.2, -0.15) is 0 Å². The van der Waals surface area contributed by atoms with Gasteiger partial charge in [0, 0.05) is 32.0 Å². The number of ether oxygens (including phenoxy) is 1. The van der Waals surface area contributed by atoms with Crippen LogP contribution in [0.1, 0.15) is 45.6 Å². The molecule has 0 unspecified atom stereocenters. The molecule has 1 heterocycles. The quantitative estimate of drug-likeness (QED) is 0.796. The van der Waals surface area contributed by atoms with E-state index in [1.165, 1.54) is 0 Å². The monoisotopic (exact) mass is 332 g/mol. The topological polar surface area (TPSA) is 58.6 Å². The normalized spacial score (nSPS) is 15.7. The molecule has 1 aromatic carbocycles. The van der Waals surface area contributed by atoms with Crippen molar-refractivity contribution in [2.75, 3.05) is 13.1 Å². The molecule has 0 aliphatic carbocycles. The van der Waals surface area contributed by atoms with Gasteiger partial charge in [0.05, 0.1) is 6.10 Å². The fraction of sp³-hybridized carbons (Fsp3) is 0.579. The average molecular weight is 332 g/mol. The van der Waals surface area contributed by atoms with Crippen molar-refractivity contribution < 1.29 is 14.3 Å². The predicted molar refractivity (Wildman–Crippen MR) is 93.9 cm³/mol. The summed E-state index contributed by atoms with van der Waals surface area (Å²) in [5, 5.41) is 2.94. The van der Waals surface area contributed by atoms with E-state index in [1.807, 2.05) is 49.9 Å². The molecule has 24 heavy (non-hydrogen) atoms. The number of nitrogens with zero attached hydrogens (tertiary/aromatic N) is 1. The van der Waals surface area contributed by atoms with Crippen molar-refractivity contribution in [3.63, 3.8) is 0 Å². The van der Waals surface area contributed by atoms with Gasteiger partial charge < -0.3 is 15.0 Å². The second-order valence-electron chi connectivity index (χ2n) is 6.65. The number of hydrogen-bond donors (Lipinski definition) is 1. The lowest BCUT2D eigenvalue weighted by Gasteiger charge is -2.23. The summed E-state index contributed by atoms with van der Waals surface area (Å²) < 4.78 is 5.61. The van der Waals surface area contributed by atoms with E-state index in [9.17, 15) is 9.59 Å². The molecule has 5 heteroatoms. The highest BCUT2D eigenvalue weighted by atomic mass is 16.5. The molecule has 1 atom stereocenters. The third-order valence-electron chi connectivity index (χ3n) is 4.15. The van der Waals surface area contributed by atoms with E-state index in [0.717, 1.165) is 30.7 Å². The predicted octanol–water partition coefficient (Wildman–Crippen LogP) is 2.53. The molecule has 5 nitrogen and oxygen atoms in total. The fourth-order valence-corrected chi connectivity index (χ4v) is 2.94. The van der Waals surface area contributed by atoms with E-state index < -0.39 is 0 Å². The van der Waals surface area contributed by atoms with E-state index >= 15 is 0 Å². The van der Waals surface area contributed by atoms with Crippen LogP contribution in [0.25, 0.3) is 0 Å². The number of hydrogen-bond acceptors (Lipinski definition) is 3. The maximum absolute atomic E-state index is 12.0. The number of carbonyl (C=O) groups is 2. The van der Waals surface area contributed by atoms with Gasteiger partial charge in [-0.25, -0.2) is 0 Å². The lowest BCUT2D eigenvalue weighted by atomic mass is 10.1. The molecule has 1 aromatic rings. The molecule has 2 rings (SSSR count). The Morgan fingerprint density at radius 1 is 1.25 bits per heavy atom. The molecule has 1 saturated heterocycles. The Morgan fingerprint density at radius 3 is 2.54 bits per heavy atom. The molecule has 1 aliphatic heterocycles.